The molecule has 21 heavy (non-hydrogen) atoms. The largest absolute Gasteiger partial charge is 0.799 e. The topological polar surface area (TPSA) is 66.4 Å². The van der Waals surface area contributed by atoms with E-state index in [-0.39, 0.29) is 6.04 Å². The van der Waals surface area contributed by atoms with Gasteiger partial charge in [-0.15, -0.1) is 0 Å². The van der Waals surface area contributed by atoms with Crippen LogP contribution in [-0.4, -0.2) is 17.3 Å². The van der Waals surface area contributed by atoms with Gasteiger partial charge in [0, 0.05) is 20.3 Å². The first-order valence-electron chi connectivity index (χ1n) is 8.76. The number of hydrogen-bond donors (Lipinski definition) is 0. The zero-order valence-corrected chi connectivity index (χ0v) is 15.1. The van der Waals surface area contributed by atoms with E-state index in [1.807, 2.05) is 6.92 Å². The second-order valence-corrected chi connectivity index (χ2v) is 7.35. The first kappa shape index (κ1) is 21.1. The molecule has 0 aliphatic heterocycles. The first-order valence-corrected chi connectivity index (χ1v) is 10.3. The summed E-state index contributed by atoms with van der Waals surface area (Å²) in [5.74, 6) is 0. The molecule has 0 aliphatic rings. The van der Waals surface area contributed by atoms with Crippen molar-refractivity contribution in [2.75, 3.05) is 6.54 Å². The third-order valence-electron chi connectivity index (χ3n) is 4.17. The Bertz CT molecular complexity index is 281. The summed E-state index contributed by atoms with van der Waals surface area (Å²) < 4.78 is 12.4. The molecule has 0 fully saturated rings. The Balaban J connectivity index is 3.75. The van der Waals surface area contributed by atoms with Crippen LogP contribution in [0.1, 0.15) is 91.4 Å². The lowest BCUT2D eigenvalue weighted by atomic mass is 10.0. The molecule has 0 bridgehead atoms. The summed E-state index contributed by atoms with van der Waals surface area (Å²) in [6, 6.07) is -0.111. The number of nitrogens with zero attached hydrogens (tertiary/aromatic N) is 1. The molecule has 1 unspecified atom stereocenters. The summed E-state index contributed by atoms with van der Waals surface area (Å²) in [7, 11) is -4.59. The van der Waals surface area contributed by atoms with E-state index < -0.39 is 7.75 Å². The summed E-state index contributed by atoms with van der Waals surface area (Å²) in [5.41, 5.74) is 0. The maximum absolute atomic E-state index is 11.2. The number of unbranched alkanes of at least 4 members (excludes halogenated alkanes) is 8. The lowest BCUT2D eigenvalue weighted by Crippen LogP contribution is -2.40. The fourth-order valence-corrected chi connectivity index (χ4v) is 3.91. The van der Waals surface area contributed by atoms with Crippen LogP contribution in [0, 0.1) is 0 Å². The van der Waals surface area contributed by atoms with Gasteiger partial charge >= 0.3 is 0 Å². The second-order valence-electron chi connectivity index (χ2n) is 5.90. The van der Waals surface area contributed by atoms with E-state index in [0.717, 1.165) is 30.4 Å². The SMILES string of the molecule is CCCCCCCCCCCC(CC)N(CC)P(=O)([O-])[O-]. The minimum atomic E-state index is -4.59. The summed E-state index contributed by atoms with van der Waals surface area (Å²) in [5, 5.41) is 0. The van der Waals surface area contributed by atoms with Gasteiger partial charge in [-0.3, -0.25) is 4.67 Å². The summed E-state index contributed by atoms with van der Waals surface area (Å²) in [6.07, 6.45) is 12.8. The highest BCUT2D eigenvalue weighted by Crippen LogP contribution is 2.34. The van der Waals surface area contributed by atoms with Crippen molar-refractivity contribution in [3.8, 4) is 0 Å². The maximum Gasteiger partial charge on any atom is 0.0137 e. The van der Waals surface area contributed by atoms with Crippen molar-refractivity contribution in [2.24, 2.45) is 0 Å². The van der Waals surface area contributed by atoms with E-state index in [2.05, 4.69) is 6.92 Å². The molecule has 0 amide bonds. The zero-order chi connectivity index (χ0) is 16.1. The molecule has 0 aromatic carbocycles. The van der Waals surface area contributed by atoms with E-state index >= 15 is 0 Å². The lowest BCUT2D eigenvalue weighted by Gasteiger charge is -2.45. The molecule has 0 aromatic heterocycles. The van der Waals surface area contributed by atoms with E-state index in [1.165, 1.54) is 44.9 Å². The summed E-state index contributed by atoms with van der Waals surface area (Å²) in [6.45, 7) is 6.21. The van der Waals surface area contributed by atoms with Gasteiger partial charge in [-0.25, -0.2) is 0 Å². The van der Waals surface area contributed by atoms with Crippen LogP contribution in [0.5, 0.6) is 0 Å². The normalized spacial score (nSPS) is 13.8. The van der Waals surface area contributed by atoms with Gasteiger partial charge in [0.25, 0.3) is 0 Å². The average molecular weight is 319 g/mol. The Kier molecular flexibility index (Phi) is 12.7. The van der Waals surface area contributed by atoms with Crippen LogP contribution in [0.15, 0.2) is 0 Å². The molecule has 0 rings (SSSR count). The van der Waals surface area contributed by atoms with Crippen LogP contribution >= 0.6 is 7.75 Å². The molecule has 0 radical (unpaired) electrons. The zero-order valence-electron chi connectivity index (χ0n) is 14.2. The van der Waals surface area contributed by atoms with Crippen molar-refractivity contribution in [3.05, 3.63) is 0 Å². The number of hydrogen-bond acceptors (Lipinski definition) is 3. The van der Waals surface area contributed by atoms with Crippen molar-refractivity contribution >= 4 is 7.75 Å². The van der Waals surface area contributed by atoms with Gasteiger partial charge in [0.15, 0.2) is 0 Å². The van der Waals surface area contributed by atoms with Gasteiger partial charge in [-0.05, 0) is 12.8 Å². The van der Waals surface area contributed by atoms with E-state index in [1.54, 1.807) is 6.92 Å². The van der Waals surface area contributed by atoms with Crippen LogP contribution in [0.3, 0.4) is 0 Å². The fourth-order valence-electron chi connectivity index (χ4n) is 2.89. The second kappa shape index (κ2) is 12.6. The molecular weight excluding hydrogens is 285 g/mol. The van der Waals surface area contributed by atoms with E-state index in [9.17, 15) is 14.4 Å². The molecule has 5 heteroatoms. The molecule has 0 aliphatic carbocycles. The molecule has 0 N–H and O–H groups in total. The molecule has 0 saturated heterocycles. The molecular formula is C16H34NO3P-2. The van der Waals surface area contributed by atoms with E-state index in [0.29, 0.717) is 6.54 Å². The third-order valence-corrected chi connectivity index (χ3v) is 5.41. The standard InChI is InChI=1S/C16H36NO3P/c1-4-7-8-9-10-11-12-13-14-15-16(5-2)17(6-3)21(18,19)20/h16H,4-15H2,1-3H3,(H2,18,19,20)/p-2. The predicted molar refractivity (Wildman–Crippen MR) is 85.9 cm³/mol. The Labute approximate surface area is 131 Å². The summed E-state index contributed by atoms with van der Waals surface area (Å²) >= 11 is 0. The van der Waals surface area contributed by atoms with Crippen molar-refractivity contribution in [1.29, 1.82) is 0 Å². The minimum absolute atomic E-state index is 0.111. The van der Waals surface area contributed by atoms with Crippen LogP contribution in [0.25, 0.3) is 0 Å². The van der Waals surface area contributed by atoms with Gasteiger partial charge in [-0.1, -0.05) is 78.6 Å². The smallest absolute Gasteiger partial charge is 0.0137 e. The lowest BCUT2D eigenvalue weighted by molar-refractivity contribution is -0.330. The van der Waals surface area contributed by atoms with Crippen LogP contribution in [-0.2, 0) is 4.57 Å². The monoisotopic (exact) mass is 319 g/mol. The van der Waals surface area contributed by atoms with Crippen LogP contribution < -0.4 is 9.79 Å². The molecule has 4 nitrogen and oxygen atoms in total. The number of rotatable bonds is 14. The predicted octanol–water partition coefficient (Wildman–Crippen LogP) is 3.84. The average Bonchev–Trinajstić information content (AvgIpc) is 2.42. The molecule has 1 atom stereocenters. The highest BCUT2D eigenvalue weighted by molar-refractivity contribution is 7.46. The Morgan fingerprint density at radius 3 is 1.71 bits per heavy atom. The van der Waals surface area contributed by atoms with Gasteiger partial charge in [0.2, 0.25) is 0 Å². The van der Waals surface area contributed by atoms with Crippen LogP contribution in [0.2, 0.25) is 0 Å². The Hall–Kier alpha value is 0.110. The highest BCUT2D eigenvalue weighted by atomic mass is 31.2. The van der Waals surface area contributed by atoms with E-state index in [4.69, 9.17) is 0 Å². The quantitative estimate of drug-likeness (QED) is 0.360. The van der Waals surface area contributed by atoms with Crippen molar-refractivity contribution < 1.29 is 14.4 Å². The maximum atomic E-state index is 11.2. The Morgan fingerprint density at radius 1 is 0.857 bits per heavy atom. The fraction of sp³-hybridized carbons (Fsp3) is 1.00. The van der Waals surface area contributed by atoms with Crippen molar-refractivity contribution in [3.63, 3.8) is 0 Å². The molecule has 0 spiro atoms. The van der Waals surface area contributed by atoms with Gasteiger partial charge in [0.1, 0.15) is 0 Å². The molecule has 0 saturated carbocycles. The van der Waals surface area contributed by atoms with Gasteiger partial charge in [0.05, 0.1) is 0 Å². The molecule has 128 valence electrons. The minimum Gasteiger partial charge on any atom is -0.799 e. The van der Waals surface area contributed by atoms with Gasteiger partial charge in [-0.2, -0.15) is 0 Å². The molecule has 0 heterocycles. The molecule has 0 aromatic rings. The van der Waals surface area contributed by atoms with Gasteiger partial charge < -0.3 is 14.4 Å². The van der Waals surface area contributed by atoms with Crippen LogP contribution in [0.4, 0.5) is 0 Å². The Morgan fingerprint density at radius 2 is 1.33 bits per heavy atom. The van der Waals surface area contributed by atoms with Crippen molar-refractivity contribution in [1.82, 2.24) is 4.67 Å². The summed E-state index contributed by atoms with van der Waals surface area (Å²) in [4.78, 5) is 22.4. The highest BCUT2D eigenvalue weighted by Gasteiger charge is 2.17. The van der Waals surface area contributed by atoms with Crippen molar-refractivity contribution in [2.45, 2.75) is 97.4 Å². The third kappa shape index (κ3) is 10.5. The first-order chi connectivity index (χ1) is 9.97.